The summed E-state index contributed by atoms with van der Waals surface area (Å²) in [6, 6.07) is 16.1. The third kappa shape index (κ3) is 6.72. The van der Waals surface area contributed by atoms with Crippen LogP contribution >= 0.6 is 11.6 Å². The van der Waals surface area contributed by atoms with Crippen molar-refractivity contribution in [3.8, 4) is 11.4 Å². The van der Waals surface area contributed by atoms with Crippen LogP contribution in [0, 0.1) is 0 Å². The number of hydrogen-bond donors (Lipinski definition) is 1. The van der Waals surface area contributed by atoms with Crippen LogP contribution in [0.2, 0.25) is 5.02 Å². The lowest BCUT2D eigenvalue weighted by Gasteiger charge is -2.38. The number of ether oxygens (including phenoxy) is 1. The Morgan fingerprint density at radius 3 is 2.46 bits per heavy atom. The van der Waals surface area contributed by atoms with Crippen molar-refractivity contribution in [3.63, 3.8) is 0 Å². The third-order valence-corrected chi connectivity index (χ3v) is 16.3. The number of likely N-dealkylation sites (tertiary alicyclic amines) is 2. The largest absolute Gasteiger partial charge is 0.492 e. The molecule has 13 heteroatoms. The lowest BCUT2D eigenvalue weighted by atomic mass is 9.69. The highest BCUT2D eigenvalue weighted by molar-refractivity contribution is 6.35. The minimum absolute atomic E-state index is 0.188. The van der Waals surface area contributed by atoms with Crippen LogP contribution in [0.4, 0.5) is 0 Å². The molecule has 7 heterocycles. The van der Waals surface area contributed by atoms with Crippen LogP contribution in [0.15, 0.2) is 53.3 Å². The molecule has 6 aliphatic heterocycles. The van der Waals surface area contributed by atoms with Gasteiger partial charge in [0.1, 0.15) is 17.6 Å². The first-order chi connectivity index (χ1) is 30.6. The number of aromatic nitrogens is 2. The first-order valence-corrected chi connectivity index (χ1v) is 23.8. The average molecular weight is 871 g/mol. The van der Waals surface area contributed by atoms with Gasteiger partial charge in [-0.15, -0.1) is 0 Å². The number of carbonyl (C=O) groups excluding carboxylic acids is 4. The Bertz CT molecular complexity index is 2620. The van der Waals surface area contributed by atoms with Gasteiger partial charge in [0.15, 0.2) is 0 Å². The number of carbonyl (C=O) groups is 4. The molecule has 1 saturated carbocycles. The summed E-state index contributed by atoms with van der Waals surface area (Å²) in [6.07, 6.45) is 13.5. The summed E-state index contributed by atoms with van der Waals surface area (Å²) in [4.78, 5) is 75.4. The highest BCUT2D eigenvalue weighted by Gasteiger charge is 2.49. The fourth-order valence-corrected chi connectivity index (χ4v) is 12.7. The van der Waals surface area contributed by atoms with Crippen molar-refractivity contribution < 1.29 is 23.9 Å². The van der Waals surface area contributed by atoms with E-state index in [0.717, 1.165) is 118 Å². The number of unbranched alkanes of at least 4 members (excludes halogenated alkanes) is 2. The molecule has 4 fully saturated rings. The van der Waals surface area contributed by atoms with Gasteiger partial charge >= 0.3 is 0 Å². The van der Waals surface area contributed by atoms with Crippen molar-refractivity contribution in [2.45, 2.75) is 126 Å². The lowest BCUT2D eigenvalue weighted by molar-refractivity contribution is -0.137. The van der Waals surface area contributed by atoms with Gasteiger partial charge in [0.05, 0.1) is 40.2 Å². The molecule has 4 amide bonds. The zero-order valence-corrected chi connectivity index (χ0v) is 36.6. The second-order valence-corrected chi connectivity index (χ2v) is 19.8. The summed E-state index contributed by atoms with van der Waals surface area (Å²) in [5.41, 5.74) is 6.58. The molecule has 63 heavy (non-hydrogen) atoms. The fraction of sp³-hybridized carbons (Fsp3) is 0.520. The Kier molecular flexibility index (Phi) is 10.2. The molecule has 3 saturated heterocycles. The normalized spacial score (nSPS) is 22.6. The van der Waals surface area contributed by atoms with Crippen molar-refractivity contribution in [1.82, 2.24) is 29.6 Å². The Morgan fingerprint density at radius 1 is 0.873 bits per heavy atom. The highest BCUT2D eigenvalue weighted by Crippen LogP contribution is 2.53. The average Bonchev–Trinajstić information content (AvgIpc) is 3.91. The van der Waals surface area contributed by atoms with Crippen molar-refractivity contribution in [2.24, 2.45) is 0 Å². The predicted molar refractivity (Wildman–Crippen MR) is 239 cm³/mol. The van der Waals surface area contributed by atoms with E-state index < -0.39 is 11.9 Å². The monoisotopic (exact) mass is 870 g/mol. The Morgan fingerprint density at radius 2 is 1.67 bits per heavy atom. The smallest absolute Gasteiger partial charge is 0.282 e. The number of benzene rings is 3. The van der Waals surface area contributed by atoms with E-state index in [2.05, 4.69) is 33.0 Å². The molecule has 1 aliphatic carbocycles. The number of nitrogens with zero attached hydrogens (tertiary/aromatic N) is 5. The number of piperidine rings is 3. The number of amides is 4. The molecule has 0 bridgehead atoms. The van der Waals surface area contributed by atoms with Gasteiger partial charge in [0, 0.05) is 48.0 Å². The predicted octanol–water partition coefficient (Wildman–Crippen LogP) is 7.06. The number of hydrogen-bond acceptors (Lipinski definition) is 8. The molecule has 7 aliphatic rings. The van der Waals surface area contributed by atoms with E-state index in [4.69, 9.17) is 21.3 Å². The van der Waals surface area contributed by atoms with Crippen LogP contribution < -0.4 is 15.6 Å². The topological polar surface area (TPSA) is 134 Å². The third-order valence-electron chi connectivity index (χ3n) is 16.0. The van der Waals surface area contributed by atoms with E-state index >= 15 is 0 Å². The number of rotatable bonds is 8. The summed E-state index contributed by atoms with van der Waals surface area (Å²) in [5.74, 6) is 1.46. The van der Waals surface area contributed by atoms with E-state index in [-0.39, 0.29) is 40.5 Å². The number of fused-ring (bicyclic) bond motifs is 11. The standard InChI is InChI=1S/C50H55ClN6O6/c51-37-8-7-9-38-43(37)46(61)53-48-50(19-4-2-5-20-50)35-13-11-32(28-40(35)57(38)48)31-17-24-54(25-18-31)23-6-1-3-10-42(59)55-26-21-49(22-27-55)30-63-44-34-29-56(39-15-16-41(58)52-45(39)60)47(62)33(34)12-14-36(44)49/h7-9,11-14,28,31,39H,1-6,10,15-27,29-30H2,(H,52,58,60)/t39-/m0/s1. The SMILES string of the molecule is O=C1CC[C@H](N2Cc3c(ccc4c3OCC43CCN(C(=O)CCCCCN4CCC(c5ccc6c(c5)-n5c(nc(=O)c7c(Cl)cccc75)C65CCCCC5)CC4)CC3)C2=O)C(=O)N1. The van der Waals surface area contributed by atoms with Crippen LogP contribution in [0.1, 0.15) is 141 Å². The van der Waals surface area contributed by atoms with E-state index in [1.54, 1.807) is 11.0 Å². The Labute approximate surface area is 372 Å². The summed E-state index contributed by atoms with van der Waals surface area (Å²) in [5, 5.41) is 3.34. The van der Waals surface area contributed by atoms with Crippen LogP contribution in [0.3, 0.4) is 0 Å². The molecule has 0 unspecified atom stereocenters. The quantitative estimate of drug-likeness (QED) is 0.147. The van der Waals surface area contributed by atoms with Crippen LogP contribution in [-0.2, 0) is 31.8 Å². The van der Waals surface area contributed by atoms with Crippen molar-refractivity contribution >= 4 is 46.1 Å². The minimum Gasteiger partial charge on any atom is -0.492 e. The summed E-state index contributed by atoms with van der Waals surface area (Å²) >= 11 is 6.61. The molecule has 3 aromatic carbocycles. The molecule has 4 aromatic rings. The summed E-state index contributed by atoms with van der Waals surface area (Å²) in [6.45, 7) is 5.39. The zero-order chi connectivity index (χ0) is 43.0. The highest BCUT2D eigenvalue weighted by atomic mass is 35.5. The first kappa shape index (κ1) is 40.7. The van der Waals surface area contributed by atoms with Crippen LogP contribution in [0.25, 0.3) is 16.6 Å². The van der Waals surface area contributed by atoms with Crippen molar-refractivity contribution in [1.29, 1.82) is 0 Å². The van der Waals surface area contributed by atoms with Gasteiger partial charge in [-0.2, -0.15) is 4.98 Å². The summed E-state index contributed by atoms with van der Waals surface area (Å²) < 4.78 is 8.60. The molecular weight excluding hydrogens is 816 g/mol. The second kappa shape index (κ2) is 15.9. The van der Waals surface area contributed by atoms with Crippen LogP contribution in [-0.4, -0.2) is 93.3 Å². The van der Waals surface area contributed by atoms with Gasteiger partial charge in [-0.3, -0.25) is 33.9 Å². The van der Waals surface area contributed by atoms with Gasteiger partial charge in [0.2, 0.25) is 17.7 Å². The van der Waals surface area contributed by atoms with Gasteiger partial charge in [-0.25, -0.2) is 0 Å². The second-order valence-electron chi connectivity index (χ2n) is 19.4. The zero-order valence-electron chi connectivity index (χ0n) is 35.9. The molecule has 1 atom stereocenters. The number of nitrogens with one attached hydrogen (secondary N) is 1. The minimum atomic E-state index is -0.658. The fourth-order valence-electron chi connectivity index (χ4n) is 12.5. The first-order valence-electron chi connectivity index (χ1n) is 23.4. The number of halogens is 1. The molecule has 1 aromatic heterocycles. The maximum Gasteiger partial charge on any atom is 0.282 e. The lowest BCUT2D eigenvalue weighted by Crippen LogP contribution is -2.52. The molecule has 1 N–H and O–H groups in total. The Hall–Kier alpha value is -5.07. The summed E-state index contributed by atoms with van der Waals surface area (Å²) in [7, 11) is 0. The molecule has 11 rings (SSSR count). The maximum atomic E-state index is 13.4. The molecular formula is C50H55ClN6O6. The van der Waals surface area contributed by atoms with Gasteiger partial charge in [-0.1, -0.05) is 61.5 Å². The van der Waals surface area contributed by atoms with E-state index in [9.17, 15) is 24.0 Å². The van der Waals surface area contributed by atoms with Gasteiger partial charge in [-0.05, 0) is 119 Å². The van der Waals surface area contributed by atoms with E-state index in [1.165, 1.54) is 23.2 Å². The van der Waals surface area contributed by atoms with E-state index in [0.29, 0.717) is 61.0 Å². The van der Waals surface area contributed by atoms with Crippen LogP contribution in [0.5, 0.6) is 5.75 Å². The molecule has 2 spiro atoms. The van der Waals surface area contributed by atoms with Crippen molar-refractivity contribution in [3.05, 3.63) is 97.5 Å². The van der Waals surface area contributed by atoms with Gasteiger partial charge in [0.25, 0.3) is 11.5 Å². The van der Waals surface area contributed by atoms with Crippen molar-refractivity contribution in [2.75, 3.05) is 39.3 Å². The molecule has 12 nitrogen and oxygen atoms in total. The Balaban J connectivity index is 0.657. The molecule has 0 radical (unpaired) electrons. The molecule has 328 valence electrons. The van der Waals surface area contributed by atoms with Gasteiger partial charge < -0.3 is 19.4 Å². The maximum absolute atomic E-state index is 13.4. The van der Waals surface area contributed by atoms with E-state index in [1.807, 2.05) is 29.2 Å². The number of imide groups is 1.